The van der Waals surface area contributed by atoms with Gasteiger partial charge in [-0.1, -0.05) is 188 Å². The summed E-state index contributed by atoms with van der Waals surface area (Å²) in [5.74, 6) is 0.695. The first-order valence-electron chi connectivity index (χ1n) is 21.2. The minimum Gasteiger partial charge on any atom is -0.309 e. The van der Waals surface area contributed by atoms with Crippen LogP contribution in [-0.4, -0.2) is 22.6 Å². The number of nitrogens with zero attached hydrogens (tertiary/aromatic N) is 3. The summed E-state index contributed by atoms with van der Waals surface area (Å²) in [5.41, 5.74) is 13.4. The van der Waals surface area contributed by atoms with Gasteiger partial charge in [0.05, 0.1) is 22.4 Å². The molecule has 0 fully saturated rings. The maximum atomic E-state index is 5.23. The van der Waals surface area contributed by atoms with Gasteiger partial charge in [0.2, 0.25) is 0 Å². The van der Waals surface area contributed by atoms with Gasteiger partial charge in [0.15, 0.2) is 13.9 Å². The Morgan fingerprint density at radius 1 is 0.323 bits per heavy atom. The van der Waals surface area contributed by atoms with E-state index in [1.807, 2.05) is 6.07 Å². The summed E-state index contributed by atoms with van der Waals surface area (Å²) in [6.45, 7) is 0. The average Bonchev–Trinajstić information content (AvgIpc) is 3.85. The fraction of sp³-hybridized carbons (Fsp3) is 0. The normalized spacial score (nSPS) is 12.6. The Labute approximate surface area is 361 Å². The second-order valence-electron chi connectivity index (χ2n) is 16.1. The monoisotopic (exact) mass is 805 g/mol. The van der Waals surface area contributed by atoms with Crippen LogP contribution in [0, 0.1) is 0 Å². The van der Waals surface area contributed by atoms with Crippen LogP contribution < -0.4 is 20.7 Å². The summed E-state index contributed by atoms with van der Waals surface area (Å²) in [6, 6.07) is 85.9. The zero-order valence-electron chi connectivity index (χ0n) is 33.9. The summed E-state index contributed by atoms with van der Waals surface area (Å²) in [6.07, 6.45) is 0. The second-order valence-corrected chi connectivity index (χ2v) is 19.8. The van der Waals surface area contributed by atoms with Gasteiger partial charge in [-0.25, -0.2) is 9.97 Å². The smallest absolute Gasteiger partial charge is 0.180 e. The summed E-state index contributed by atoms with van der Waals surface area (Å²) in [7, 11) is -2.52. The first-order valence-corrected chi connectivity index (χ1v) is 23.2. The largest absolute Gasteiger partial charge is 0.309 e. The molecule has 0 spiro atoms. The van der Waals surface area contributed by atoms with Crippen molar-refractivity contribution in [1.82, 2.24) is 14.5 Å². The van der Waals surface area contributed by atoms with E-state index in [4.69, 9.17) is 9.97 Å². The molecule has 0 amide bonds. The van der Waals surface area contributed by atoms with E-state index in [0.29, 0.717) is 5.82 Å². The van der Waals surface area contributed by atoms with Crippen LogP contribution in [0.25, 0.3) is 83.6 Å². The molecule has 62 heavy (non-hydrogen) atoms. The molecule has 0 unspecified atom stereocenters. The lowest BCUT2D eigenvalue weighted by Gasteiger charge is -2.31. The Hall–Kier alpha value is -7.92. The number of benzene rings is 9. The molecule has 0 bridgehead atoms. The standard InChI is InChI=1S/C58H39N3Si/c1-4-16-41(17-5-1)52-39-53(60-58(59-52)43-32-35-45(36-33-43)61-54-25-13-10-22-48(54)49-23-11-14-26-55(49)61)42-30-28-40(29-31-42)44-34-37-57-51(38-44)50-24-12-15-27-56(50)62(57,46-18-6-2-7-19-46)47-20-8-3-9-21-47/h1-39H. The van der Waals surface area contributed by atoms with Crippen molar-refractivity contribution in [3.8, 4) is 61.8 Å². The molecule has 3 heterocycles. The van der Waals surface area contributed by atoms with Crippen molar-refractivity contribution in [3.05, 3.63) is 237 Å². The molecular formula is C58H39N3Si. The molecule has 9 aromatic carbocycles. The fourth-order valence-corrected chi connectivity index (χ4v) is 15.1. The summed E-state index contributed by atoms with van der Waals surface area (Å²) < 4.78 is 2.34. The van der Waals surface area contributed by atoms with Gasteiger partial charge in [-0.2, -0.15) is 0 Å². The van der Waals surface area contributed by atoms with Gasteiger partial charge < -0.3 is 4.57 Å². The summed E-state index contributed by atoms with van der Waals surface area (Å²) in [5, 5.41) is 8.22. The molecule has 3 nitrogen and oxygen atoms in total. The van der Waals surface area contributed by atoms with Crippen LogP contribution in [-0.2, 0) is 0 Å². The van der Waals surface area contributed by atoms with E-state index in [-0.39, 0.29) is 0 Å². The van der Waals surface area contributed by atoms with Gasteiger partial charge in [-0.05, 0) is 91.5 Å². The minimum atomic E-state index is -2.52. The minimum absolute atomic E-state index is 0.695. The Balaban J connectivity index is 0.928. The van der Waals surface area contributed by atoms with Gasteiger partial charge in [-0.3, -0.25) is 0 Å². The van der Waals surface area contributed by atoms with Gasteiger partial charge in [0.25, 0.3) is 0 Å². The molecule has 0 radical (unpaired) electrons. The fourth-order valence-electron chi connectivity index (χ4n) is 9.90. The van der Waals surface area contributed by atoms with E-state index in [9.17, 15) is 0 Å². The van der Waals surface area contributed by atoms with E-state index >= 15 is 0 Å². The van der Waals surface area contributed by atoms with Crippen molar-refractivity contribution in [3.63, 3.8) is 0 Å². The van der Waals surface area contributed by atoms with Crippen molar-refractivity contribution < 1.29 is 0 Å². The van der Waals surface area contributed by atoms with Gasteiger partial charge in [0, 0.05) is 33.2 Å². The highest BCUT2D eigenvalue weighted by Crippen LogP contribution is 2.36. The van der Waals surface area contributed by atoms with E-state index in [1.165, 1.54) is 64.8 Å². The summed E-state index contributed by atoms with van der Waals surface area (Å²) >= 11 is 0. The summed E-state index contributed by atoms with van der Waals surface area (Å²) in [4.78, 5) is 10.4. The molecule has 4 heteroatoms. The lowest BCUT2D eigenvalue weighted by Crippen LogP contribution is -2.72. The Morgan fingerprint density at radius 3 is 1.42 bits per heavy atom. The molecule has 0 N–H and O–H groups in total. The van der Waals surface area contributed by atoms with Crippen LogP contribution in [0.2, 0.25) is 0 Å². The van der Waals surface area contributed by atoms with Crippen LogP contribution in [0.15, 0.2) is 237 Å². The van der Waals surface area contributed by atoms with Gasteiger partial charge in [-0.15, -0.1) is 0 Å². The number of hydrogen-bond donors (Lipinski definition) is 0. The maximum absolute atomic E-state index is 5.23. The highest BCUT2D eigenvalue weighted by molar-refractivity contribution is 7.22. The van der Waals surface area contributed by atoms with E-state index in [0.717, 1.165) is 33.8 Å². The number of fused-ring (bicyclic) bond motifs is 6. The van der Waals surface area contributed by atoms with Crippen molar-refractivity contribution in [2.24, 2.45) is 0 Å². The van der Waals surface area contributed by atoms with E-state index < -0.39 is 8.07 Å². The molecule has 0 aliphatic carbocycles. The zero-order chi connectivity index (χ0) is 41.0. The molecular weight excluding hydrogens is 767 g/mol. The SMILES string of the molecule is c1ccc(-c2cc(-c3ccc(-c4ccc5c(c4)-c4ccccc4[Si]5(c4ccccc4)c4ccccc4)cc3)nc(-c3ccc(-n4c5ccccc5c5ccccc54)cc3)n2)cc1. The van der Waals surface area contributed by atoms with Crippen LogP contribution in [0.1, 0.15) is 0 Å². The number of aromatic nitrogens is 3. The van der Waals surface area contributed by atoms with Crippen molar-refractivity contribution >= 4 is 50.6 Å². The molecule has 0 saturated carbocycles. The average molecular weight is 806 g/mol. The Bertz CT molecular complexity index is 3340. The van der Waals surface area contributed by atoms with Crippen molar-refractivity contribution in [2.75, 3.05) is 0 Å². The third-order valence-electron chi connectivity index (χ3n) is 12.7. The van der Waals surface area contributed by atoms with Gasteiger partial charge in [0.1, 0.15) is 0 Å². The molecule has 0 atom stereocenters. The van der Waals surface area contributed by atoms with Crippen molar-refractivity contribution in [2.45, 2.75) is 0 Å². The first kappa shape index (κ1) is 36.0. The van der Waals surface area contributed by atoms with Crippen LogP contribution >= 0.6 is 0 Å². The third kappa shape index (κ3) is 5.72. The van der Waals surface area contributed by atoms with Crippen LogP contribution in [0.4, 0.5) is 0 Å². The topological polar surface area (TPSA) is 30.7 Å². The zero-order valence-corrected chi connectivity index (χ0v) is 34.9. The predicted molar refractivity (Wildman–Crippen MR) is 261 cm³/mol. The van der Waals surface area contributed by atoms with Gasteiger partial charge >= 0.3 is 0 Å². The van der Waals surface area contributed by atoms with E-state index in [2.05, 4.69) is 235 Å². The van der Waals surface area contributed by atoms with Crippen LogP contribution in [0.5, 0.6) is 0 Å². The number of para-hydroxylation sites is 2. The van der Waals surface area contributed by atoms with Crippen molar-refractivity contribution in [1.29, 1.82) is 0 Å². The van der Waals surface area contributed by atoms with Crippen LogP contribution in [0.3, 0.4) is 0 Å². The second kappa shape index (κ2) is 14.7. The molecule has 290 valence electrons. The van der Waals surface area contributed by atoms with E-state index in [1.54, 1.807) is 0 Å². The predicted octanol–water partition coefficient (Wildman–Crippen LogP) is 11.6. The Morgan fingerprint density at radius 2 is 0.790 bits per heavy atom. The molecule has 0 saturated heterocycles. The lowest BCUT2D eigenvalue weighted by atomic mass is 9.98. The third-order valence-corrected chi connectivity index (χ3v) is 17.6. The molecule has 1 aliphatic rings. The lowest BCUT2D eigenvalue weighted by molar-refractivity contribution is 1.16. The quantitative estimate of drug-likeness (QED) is 0.150. The molecule has 1 aliphatic heterocycles. The molecule has 2 aromatic heterocycles. The first-order chi connectivity index (χ1) is 30.7. The number of hydrogen-bond acceptors (Lipinski definition) is 2. The Kier molecular flexibility index (Phi) is 8.51. The highest BCUT2D eigenvalue weighted by Gasteiger charge is 2.48. The highest BCUT2D eigenvalue weighted by atomic mass is 28.3. The number of rotatable bonds is 7. The molecule has 11 aromatic rings. The molecule has 12 rings (SSSR count). The maximum Gasteiger partial charge on any atom is 0.180 e.